The van der Waals surface area contributed by atoms with Crippen molar-refractivity contribution in [2.75, 3.05) is 18.7 Å². The van der Waals surface area contributed by atoms with Crippen molar-refractivity contribution in [2.45, 2.75) is 33.2 Å². The number of hydrogen-bond donors (Lipinski definition) is 0. The zero-order chi connectivity index (χ0) is 12.4. The highest BCUT2D eigenvalue weighted by Crippen LogP contribution is 2.24. The van der Waals surface area contributed by atoms with Crippen LogP contribution >= 0.6 is 0 Å². The normalized spacial score (nSPS) is 19.6. The molecule has 5 nitrogen and oxygen atoms in total. The van der Waals surface area contributed by atoms with Crippen molar-refractivity contribution >= 4 is 11.9 Å². The van der Waals surface area contributed by atoms with E-state index in [2.05, 4.69) is 10.1 Å². The van der Waals surface area contributed by atoms with Gasteiger partial charge in [0, 0.05) is 13.1 Å². The van der Waals surface area contributed by atoms with Gasteiger partial charge >= 0.3 is 0 Å². The quantitative estimate of drug-likeness (QED) is 0.752. The molecule has 0 N–H and O–H groups in total. The van der Waals surface area contributed by atoms with Crippen LogP contribution in [0.5, 0.6) is 0 Å². The van der Waals surface area contributed by atoms with Gasteiger partial charge in [-0.1, -0.05) is 0 Å². The molecule has 0 aromatic carbocycles. The van der Waals surface area contributed by atoms with Gasteiger partial charge in [0.1, 0.15) is 0 Å². The van der Waals surface area contributed by atoms with Crippen LogP contribution in [0, 0.1) is 25.0 Å². The highest BCUT2D eigenvalue weighted by molar-refractivity contribution is 5.58. The molecule has 1 aliphatic rings. The van der Waals surface area contributed by atoms with E-state index in [-0.39, 0.29) is 0 Å². The van der Waals surface area contributed by atoms with Crippen molar-refractivity contribution in [3.8, 4) is 0 Å². The Morgan fingerprint density at radius 2 is 2.29 bits per heavy atom. The Morgan fingerprint density at radius 1 is 1.53 bits per heavy atom. The first kappa shape index (κ1) is 12.1. The van der Waals surface area contributed by atoms with Crippen LogP contribution in [-0.2, 0) is 6.54 Å². The Balaban J connectivity index is 2.16. The maximum Gasteiger partial charge on any atom is 0.0822 e. The molecule has 0 radical (unpaired) electrons. The number of hydroxylamine groups is 1. The summed E-state index contributed by atoms with van der Waals surface area (Å²) in [5.41, 5.74) is 2.47. The molecule has 2 heterocycles. The van der Waals surface area contributed by atoms with Crippen LogP contribution in [0.25, 0.3) is 0 Å². The van der Waals surface area contributed by atoms with Gasteiger partial charge in [0.25, 0.3) is 0 Å². The van der Waals surface area contributed by atoms with E-state index in [1.54, 1.807) is 0 Å². The molecular formula is C12H19N4O-. The number of nitrogens with zero attached hydrogens (tertiary/aromatic N) is 4. The summed E-state index contributed by atoms with van der Waals surface area (Å²) in [4.78, 5) is 4.23. The lowest BCUT2D eigenvalue weighted by Crippen LogP contribution is -2.17. The largest absolute Gasteiger partial charge is 0.758 e. The highest BCUT2D eigenvalue weighted by Gasteiger charge is 2.16. The molecule has 0 saturated heterocycles. The fourth-order valence-corrected chi connectivity index (χ4v) is 2.42. The van der Waals surface area contributed by atoms with Crippen molar-refractivity contribution in [3.05, 3.63) is 16.6 Å². The molecule has 1 atom stereocenters. The van der Waals surface area contributed by atoms with Crippen LogP contribution in [0.4, 0.5) is 5.69 Å². The van der Waals surface area contributed by atoms with Crippen molar-refractivity contribution in [1.82, 2.24) is 9.78 Å². The average molecular weight is 235 g/mol. The summed E-state index contributed by atoms with van der Waals surface area (Å²) in [6, 6.07) is 0. The second-order valence-corrected chi connectivity index (χ2v) is 4.68. The van der Waals surface area contributed by atoms with Crippen LogP contribution in [0.3, 0.4) is 0 Å². The number of anilines is 1. The zero-order valence-corrected chi connectivity index (χ0v) is 10.7. The molecule has 1 aliphatic heterocycles. The molecule has 0 saturated carbocycles. The van der Waals surface area contributed by atoms with Crippen molar-refractivity contribution < 1.29 is 0 Å². The first-order valence-corrected chi connectivity index (χ1v) is 6.02. The van der Waals surface area contributed by atoms with Gasteiger partial charge in [0.15, 0.2) is 0 Å². The maximum absolute atomic E-state index is 11.4. The Morgan fingerprint density at radius 3 is 2.82 bits per heavy atom. The van der Waals surface area contributed by atoms with E-state index in [0.717, 1.165) is 42.4 Å². The van der Waals surface area contributed by atoms with Crippen molar-refractivity contribution in [1.29, 1.82) is 0 Å². The fraction of sp³-hybridized carbons (Fsp3) is 0.667. The number of aryl methyl sites for hydroxylation is 1. The summed E-state index contributed by atoms with van der Waals surface area (Å²) < 4.78 is 1.96. The molecule has 0 amide bonds. The number of aliphatic imine (C=N–C) groups is 1. The van der Waals surface area contributed by atoms with E-state index in [4.69, 9.17) is 0 Å². The third-order valence-electron chi connectivity index (χ3n) is 3.32. The smallest absolute Gasteiger partial charge is 0.0822 e. The van der Waals surface area contributed by atoms with E-state index in [0.29, 0.717) is 11.6 Å². The molecule has 17 heavy (non-hydrogen) atoms. The summed E-state index contributed by atoms with van der Waals surface area (Å²) in [7, 11) is 1.52. The molecule has 1 aromatic rings. The topological polar surface area (TPSA) is 56.5 Å². The van der Waals surface area contributed by atoms with Crippen LogP contribution in [0.15, 0.2) is 4.99 Å². The van der Waals surface area contributed by atoms with Crippen molar-refractivity contribution in [3.63, 3.8) is 0 Å². The van der Waals surface area contributed by atoms with E-state index in [1.165, 1.54) is 7.05 Å². The minimum atomic E-state index is 0.593. The predicted molar refractivity (Wildman–Crippen MR) is 69.6 cm³/mol. The second-order valence-electron chi connectivity index (χ2n) is 4.68. The summed E-state index contributed by atoms with van der Waals surface area (Å²) in [6.07, 6.45) is 4.12. The lowest BCUT2D eigenvalue weighted by molar-refractivity contribution is 0.397. The lowest BCUT2D eigenvalue weighted by Gasteiger charge is -2.25. The predicted octanol–water partition coefficient (Wildman–Crippen LogP) is 1.91. The molecule has 0 spiro atoms. The second kappa shape index (κ2) is 4.87. The van der Waals surface area contributed by atoms with E-state index in [9.17, 15) is 5.21 Å². The van der Waals surface area contributed by atoms with Gasteiger partial charge in [-0.3, -0.25) is 9.67 Å². The van der Waals surface area contributed by atoms with Crippen molar-refractivity contribution in [2.24, 2.45) is 10.9 Å². The SMILES string of the molecule is Cc1nn(CC2CC=NCC2)c(C)c1N(C)[O-]. The van der Waals surface area contributed by atoms with Gasteiger partial charge in [-0.05, 0) is 45.9 Å². The van der Waals surface area contributed by atoms with Gasteiger partial charge < -0.3 is 10.3 Å². The number of hydrogen-bond acceptors (Lipinski definition) is 4. The summed E-state index contributed by atoms with van der Waals surface area (Å²) in [5.74, 6) is 0.593. The van der Waals surface area contributed by atoms with Crippen LogP contribution in [0.2, 0.25) is 0 Å². The molecule has 0 aliphatic carbocycles. The number of aromatic nitrogens is 2. The Hall–Kier alpha value is -1.36. The molecule has 1 unspecified atom stereocenters. The molecular weight excluding hydrogens is 216 g/mol. The Labute approximate surface area is 102 Å². The van der Waals surface area contributed by atoms with Gasteiger partial charge in [0.05, 0.1) is 17.1 Å². The van der Waals surface area contributed by atoms with Gasteiger partial charge in [-0.2, -0.15) is 5.10 Å². The highest BCUT2D eigenvalue weighted by atomic mass is 16.5. The molecule has 5 heteroatoms. The van der Waals surface area contributed by atoms with Crippen LogP contribution in [-0.4, -0.2) is 29.6 Å². The zero-order valence-electron chi connectivity index (χ0n) is 10.7. The maximum atomic E-state index is 11.4. The molecule has 2 rings (SSSR count). The monoisotopic (exact) mass is 235 g/mol. The van der Waals surface area contributed by atoms with Crippen LogP contribution < -0.4 is 5.06 Å². The summed E-state index contributed by atoms with van der Waals surface area (Å²) in [6.45, 7) is 5.64. The molecule has 0 bridgehead atoms. The first-order valence-electron chi connectivity index (χ1n) is 6.02. The van der Waals surface area contributed by atoms with Gasteiger partial charge in [-0.25, -0.2) is 0 Å². The fourth-order valence-electron chi connectivity index (χ4n) is 2.42. The van der Waals surface area contributed by atoms with E-state index < -0.39 is 0 Å². The number of rotatable bonds is 3. The Bertz CT molecular complexity index is 422. The summed E-state index contributed by atoms with van der Waals surface area (Å²) in [5, 5.41) is 16.8. The molecule has 94 valence electrons. The molecule has 0 fully saturated rings. The first-order chi connectivity index (χ1) is 8.09. The summed E-state index contributed by atoms with van der Waals surface area (Å²) >= 11 is 0. The van der Waals surface area contributed by atoms with Crippen LogP contribution in [0.1, 0.15) is 24.2 Å². The van der Waals surface area contributed by atoms with E-state index in [1.807, 2.05) is 24.7 Å². The van der Waals surface area contributed by atoms with Gasteiger partial charge in [0.2, 0.25) is 0 Å². The lowest BCUT2D eigenvalue weighted by atomic mass is 10.0. The van der Waals surface area contributed by atoms with Gasteiger partial charge in [-0.15, -0.1) is 0 Å². The third-order valence-corrected chi connectivity index (χ3v) is 3.32. The minimum absolute atomic E-state index is 0.593. The van der Waals surface area contributed by atoms with E-state index >= 15 is 0 Å². The third kappa shape index (κ3) is 2.49. The minimum Gasteiger partial charge on any atom is -0.758 e. The average Bonchev–Trinajstić information content (AvgIpc) is 2.55. The Kier molecular flexibility index (Phi) is 3.47. The molecule has 1 aromatic heterocycles. The standard InChI is InChI=1S/C12H19N4O/c1-9-12(15(3)17)10(2)16(14-9)8-11-4-6-13-7-5-11/h6,11H,4-5,7-8H2,1-3H3/q-1.